The molecule has 0 unspecified atom stereocenters. The molecule has 1 fully saturated rings. The number of methoxy groups -OCH3 is 2. The first-order chi connectivity index (χ1) is 12.8. The molecule has 3 nitrogen and oxygen atoms in total. The lowest BCUT2D eigenvalue weighted by Gasteiger charge is -2.41. The molecule has 0 heterocycles. The fourth-order valence-electron chi connectivity index (χ4n) is 5.11. The molecule has 0 amide bonds. The maximum Gasteiger partial charge on any atom is 0.131 e. The highest BCUT2D eigenvalue weighted by Crippen LogP contribution is 2.56. The molecule has 2 aromatic carbocycles. The van der Waals surface area contributed by atoms with E-state index >= 15 is 0 Å². The molecule has 0 radical (unpaired) electrons. The van der Waals surface area contributed by atoms with Crippen LogP contribution in [-0.4, -0.2) is 34.0 Å². The average molecular weight is 354 g/mol. The summed E-state index contributed by atoms with van der Waals surface area (Å²) < 4.78 is 16.9. The number of fused-ring (bicyclic) bond motifs is 3. The highest BCUT2D eigenvalue weighted by Gasteiger charge is 2.38. The lowest BCUT2D eigenvalue weighted by Crippen LogP contribution is -2.25. The Bertz CT molecular complexity index is 695. The molecule has 0 aromatic heterocycles. The third kappa shape index (κ3) is 3.12. The van der Waals surface area contributed by atoms with Crippen molar-refractivity contribution in [2.24, 2.45) is 0 Å². The first kappa shape index (κ1) is 17.8. The lowest BCUT2D eigenvalue weighted by atomic mass is 9.64. The van der Waals surface area contributed by atoms with Crippen LogP contribution in [0.3, 0.4) is 0 Å². The number of hydrogen-bond acceptors (Lipinski definition) is 3. The van der Waals surface area contributed by atoms with E-state index in [0.717, 1.165) is 25.2 Å². The lowest BCUT2D eigenvalue weighted by molar-refractivity contribution is 0.145. The van der Waals surface area contributed by atoms with Crippen LogP contribution in [0.25, 0.3) is 10.8 Å². The van der Waals surface area contributed by atoms with Gasteiger partial charge in [-0.2, -0.15) is 0 Å². The molecule has 1 saturated carbocycles. The van der Waals surface area contributed by atoms with Gasteiger partial charge in [0.05, 0.1) is 6.61 Å². The van der Waals surface area contributed by atoms with Crippen molar-refractivity contribution in [1.82, 2.24) is 0 Å². The molecule has 0 spiro atoms. The van der Waals surface area contributed by atoms with E-state index < -0.39 is 0 Å². The largest absolute Gasteiger partial charge is 0.490 e. The van der Waals surface area contributed by atoms with Crippen LogP contribution in [0.15, 0.2) is 24.3 Å². The molecule has 2 bridgehead atoms. The molecule has 0 aliphatic heterocycles. The van der Waals surface area contributed by atoms with Crippen molar-refractivity contribution in [3.05, 3.63) is 41.0 Å². The van der Waals surface area contributed by atoms with Crippen molar-refractivity contribution >= 4 is 10.8 Å². The smallest absolute Gasteiger partial charge is 0.131 e. The Hall–Kier alpha value is -1.58. The van der Waals surface area contributed by atoms with Gasteiger partial charge in [0.1, 0.15) is 12.4 Å². The summed E-state index contributed by atoms with van der Waals surface area (Å²) in [5.74, 6) is 2.51. The number of rotatable bonds is 8. The van der Waals surface area contributed by atoms with Crippen LogP contribution in [0.1, 0.15) is 60.6 Å². The SMILES string of the molecule is COCCCc1c2c(c(OCCOC)c3ccccc13)C1CCC2CC1. The van der Waals surface area contributed by atoms with Crippen LogP contribution in [0.4, 0.5) is 0 Å². The molecular weight excluding hydrogens is 324 g/mol. The van der Waals surface area contributed by atoms with Gasteiger partial charge in [0.25, 0.3) is 0 Å². The minimum absolute atomic E-state index is 0.618. The monoisotopic (exact) mass is 354 g/mol. The topological polar surface area (TPSA) is 27.7 Å². The quantitative estimate of drug-likeness (QED) is 0.610. The van der Waals surface area contributed by atoms with Crippen molar-refractivity contribution < 1.29 is 14.2 Å². The van der Waals surface area contributed by atoms with E-state index in [1.807, 2.05) is 0 Å². The number of benzene rings is 2. The fourth-order valence-corrected chi connectivity index (χ4v) is 5.11. The van der Waals surface area contributed by atoms with Gasteiger partial charge in [-0.1, -0.05) is 24.3 Å². The second-order valence-corrected chi connectivity index (χ2v) is 7.67. The molecule has 0 N–H and O–H groups in total. The number of hydrogen-bond donors (Lipinski definition) is 0. The molecule has 3 aliphatic carbocycles. The zero-order valence-electron chi connectivity index (χ0n) is 16.1. The Labute approximate surface area is 156 Å². The predicted octanol–water partition coefficient (Wildman–Crippen LogP) is 5.20. The van der Waals surface area contributed by atoms with Crippen molar-refractivity contribution in [1.29, 1.82) is 0 Å². The Morgan fingerprint density at radius 3 is 2.15 bits per heavy atom. The zero-order valence-corrected chi connectivity index (χ0v) is 16.1. The second kappa shape index (κ2) is 7.98. The van der Waals surface area contributed by atoms with Gasteiger partial charge >= 0.3 is 0 Å². The van der Waals surface area contributed by atoms with E-state index in [1.165, 1.54) is 42.0 Å². The maximum absolute atomic E-state index is 6.34. The van der Waals surface area contributed by atoms with Crippen LogP contribution in [0.2, 0.25) is 0 Å². The number of aryl methyl sites for hydroxylation is 1. The Morgan fingerprint density at radius 1 is 0.808 bits per heavy atom. The summed E-state index contributed by atoms with van der Waals surface area (Å²) in [6.07, 6.45) is 7.48. The third-order valence-electron chi connectivity index (χ3n) is 6.21. The van der Waals surface area contributed by atoms with E-state index in [2.05, 4.69) is 24.3 Å². The van der Waals surface area contributed by atoms with Crippen LogP contribution in [0, 0.1) is 0 Å². The first-order valence-electron chi connectivity index (χ1n) is 10.0. The fraction of sp³-hybridized carbons (Fsp3) is 0.565. The van der Waals surface area contributed by atoms with Gasteiger partial charge in [-0.25, -0.2) is 0 Å². The molecule has 140 valence electrons. The Balaban J connectivity index is 1.87. The molecule has 2 aromatic rings. The Kier molecular flexibility index (Phi) is 5.46. The molecular formula is C23H30O3. The van der Waals surface area contributed by atoms with Crippen molar-refractivity contribution in [2.75, 3.05) is 34.0 Å². The minimum atomic E-state index is 0.618. The molecule has 26 heavy (non-hydrogen) atoms. The predicted molar refractivity (Wildman–Crippen MR) is 105 cm³/mol. The van der Waals surface area contributed by atoms with E-state index in [0.29, 0.717) is 25.0 Å². The van der Waals surface area contributed by atoms with E-state index in [1.54, 1.807) is 25.3 Å². The van der Waals surface area contributed by atoms with Crippen LogP contribution in [0.5, 0.6) is 5.75 Å². The first-order valence-corrected chi connectivity index (χ1v) is 10.0. The second-order valence-electron chi connectivity index (χ2n) is 7.67. The summed E-state index contributed by atoms with van der Waals surface area (Å²) >= 11 is 0. The van der Waals surface area contributed by atoms with Gasteiger partial charge in [-0.05, 0) is 66.9 Å². The highest BCUT2D eigenvalue weighted by atomic mass is 16.5. The van der Waals surface area contributed by atoms with Crippen LogP contribution >= 0.6 is 0 Å². The van der Waals surface area contributed by atoms with Gasteiger partial charge in [0.15, 0.2) is 0 Å². The summed E-state index contributed by atoms with van der Waals surface area (Å²) in [4.78, 5) is 0. The molecule has 0 saturated heterocycles. The van der Waals surface area contributed by atoms with E-state index in [4.69, 9.17) is 14.2 Å². The van der Waals surface area contributed by atoms with Gasteiger partial charge in [0, 0.05) is 31.8 Å². The maximum atomic E-state index is 6.34. The molecule has 0 atom stereocenters. The van der Waals surface area contributed by atoms with Crippen LogP contribution < -0.4 is 4.74 Å². The van der Waals surface area contributed by atoms with E-state index in [-0.39, 0.29) is 0 Å². The third-order valence-corrected chi connectivity index (χ3v) is 6.21. The summed E-state index contributed by atoms with van der Waals surface area (Å²) in [6, 6.07) is 8.82. The highest BCUT2D eigenvalue weighted by molar-refractivity contribution is 5.94. The standard InChI is InChI=1S/C23H30O3/c1-24-13-5-8-19-18-6-3-4-7-20(18)23(26-15-14-25-2)22-17-11-9-16(10-12-17)21(19)22/h3-4,6-7,16-17H,5,8-15H2,1-2H3. The summed E-state index contributed by atoms with van der Waals surface area (Å²) in [7, 11) is 3.53. The van der Waals surface area contributed by atoms with Crippen LogP contribution in [-0.2, 0) is 15.9 Å². The summed E-state index contributed by atoms with van der Waals surface area (Å²) in [6.45, 7) is 2.07. The van der Waals surface area contributed by atoms with Gasteiger partial charge < -0.3 is 14.2 Å². The van der Waals surface area contributed by atoms with Gasteiger partial charge in [-0.3, -0.25) is 0 Å². The summed E-state index contributed by atoms with van der Waals surface area (Å²) in [5, 5.41) is 2.66. The summed E-state index contributed by atoms with van der Waals surface area (Å²) in [5.41, 5.74) is 4.70. The van der Waals surface area contributed by atoms with Crippen molar-refractivity contribution in [2.45, 2.75) is 50.4 Å². The Morgan fingerprint density at radius 2 is 1.46 bits per heavy atom. The minimum Gasteiger partial charge on any atom is -0.490 e. The van der Waals surface area contributed by atoms with E-state index in [9.17, 15) is 0 Å². The normalized spacial score (nSPS) is 21.2. The van der Waals surface area contributed by atoms with Crippen molar-refractivity contribution in [3.8, 4) is 5.75 Å². The van der Waals surface area contributed by atoms with Crippen molar-refractivity contribution in [3.63, 3.8) is 0 Å². The van der Waals surface area contributed by atoms with Gasteiger partial charge in [0.2, 0.25) is 0 Å². The number of ether oxygens (including phenoxy) is 3. The zero-order chi connectivity index (χ0) is 17.9. The van der Waals surface area contributed by atoms with Gasteiger partial charge in [-0.15, -0.1) is 0 Å². The average Bonchev–Trinajstić information content (AvgIpc) is 2.70. The molecule has 3 aliphatic rings. The molecule has 5 rings (SSSR count). The molecule has 3 heteroatoms.